The summed E-state index contributed by atoms with van der Waals surface area (Å²) in [6, 6.07) is 4.51. The lowest BCUT2D eigenvalue weighted by molar-refractivity contribution is -0.143. The first kappa shape index (κ1) is 27.6. The number of carbonyl (C=O) groups excluding carboxylic acids is 1. The van der Waals surface area contributed by atoms with E-state index < -0.39 is 46.7 Å². The molecule has 2 rings (SSSR count). The van der Waals surface area contributed by atoms with Gasteiger partial charge in [0, 0.05) is 43.4 Å². The van der Waals surface area contributed by atoms with Gasteiger partial charge in [-0.15, -0.1) is 0 Å². The van der Waals surface area contributed by atoms with Crippen LogP contribution in [0, 0.1) is 5.82 Å². The summed E-state index contributed by atoms with van der Waals surface area (Å²) in [5.41, 5.74) is 0.885. The maximum absolute atomic E-state index is 13.8. The molecule has 190 valence electrons. The van der Waals surface area contributed by atoms with E-state index in [0.717, 1.165) is 48.6 Å². The zero-order valence-electron chi connectivity index (χ0n) is 18.4. The lowest BCUT2D eigenvalue weighted by Gasteiger charge is -2.22. The zero-order chi connectivity index (χ0) is 26.4. The van der Waals surface area contributed by atoms with Gasteiger partial charge >= 0.3 is 18.4 Å². The number of hydrogen-bond acceptors (Lipinski definition) is 5. The highest BCUT2D eigenvalue weighted by Crippen LogP contribution is 2.44. The number of nitrogens with two attached hydrogens (primary N) is 1. The minimum atomic E-state index is -5.34. The number of benzene rings is 2. The van der Waals surface area contributed by atoms with E-state index in [1.54, 1.807) is 0 Å². The molecule has 2 aromatic carbocycles. The molecule has 0 aliphatic heterocycles. The van der Waals surface area contributed by atoms with Crippen molar-refractivity contribution in [2.75, 3.05) is 32.2 Å². The third kappa shape index (κ3) is 7.18. The summed E-state index contributed by atoms with van der Waals surface area (Å²) in [7, 11) is 2.49. The van der Waals surface area contributed by atoms with Crippen LogP contribution in [0.25, 0.3) is 5.57 Å². The van der Waals surface area contributed by atoms with Crippen LogP contribution >= 0.6 is 0 Å². The Kier molecular flexibility index (Phi) is 8.85. The largest absolute Gasteiger partial charge is 0.420 e. The summed E-state index contributed by atoms with van der Waals surface area (Å²) in [6.07, 6.45) is -10.2. The van der Waals surface area contributed by atoms with Crippen molar-refractivity contribution in [3.8, 4) is 5.75 Å². The molecule has 0 aliphatic rings. The molecule has 0 atom stereocenters. The number of allylic oxidation sites excluding steroid dienone is 1. The standard InChI is InChI=1S/C22H20F7N3O3/c1-32(16-5-3-15(23)4-6-16)20(33)35-19-17(13(11-30)12-31-7-8-34-2)9-14(21(24,25)26)10-18(19)22(27,28)29/h3-6,9-12H,7-8,30H2,1-2H3/b13-11+,31-12?. The van der Waals surface area contributed by atoms with Crippen LogP contribution < -0.4 is 15.4 Å². The SMILES string of the molecule is COCCN=C/C(=C\N)c1cc(C(F)(F)F)cc(C(F)(F)F)c1OC(=O)N(C)c1ccc(F)cc1. The van der Waals surface area contributed by atoms with Gasteiger partial charge in [-0.3, -0.25) is 9.89 Å². The van der Waals surface area contributed by atoms with Crippen molar-refractivity contribution in [3.05, 3.63) is 65.1 Å². The van der Waals surface area contributed by atoms with Crippen LogP contribution in [0.3, 0.4) is 0 Å². The van der Waals surface area contributed by atoms with Crippen LogP contribution in [0.1, 0.15) is 16.7 Å². The minimum absolute atomic E-state index is 0.0291. The van der Waals surface area contributed by atoms with Crippen molar-refractivity contribution in [1.82, 2.24) is 0 Å². The molecule has 0 unspecified atom stereocenters. The molecule has 13 heteroatoms. The Labute approximate surface area is 195 Å². The van der Waals surface area contributed by atoms with Crippen molar-refractivity contribution in [2.24, 2.45) is 10.7 Å². The number of anilines is 1. The summed E-state index contributed by atoms with van der Waals surface area (Å²) in [5.74, 6) is -1.84. The van der Waals surface area contributed by atoms with Gasteiger partial charge in [0.1, 0.15) is 5.82 Å². The Hall–Kier alpha value is -3.61. The number of rotatable bonds is 7. The number of ether oxygens (including phenoxy) is 2. The average molecular weight is 507 g/mol. The molecule has 0 heterocycles. The molecule has 6 nitrogen and oxygen atoms in total. The summed E-state index contributed by atoms with van der Waals surface area (Å²) in [5, 5.41) is 0. The van der Waals surface area contributed by atoms with Crippen molar-refractivity contribution in [1.29, 1.82) is 0 Å². The lowest BCUT2D eigenvalue weighted by Crippen LogP contribution is -2.30. The summed E-state index contributed by atoms with van der Waals surface area (Å²) in [4.78, 5) is 17.2. The van der Waals surface area contributed by atoms with E-state index in [1.807, 2.05) is 0 Å². The number of methoxy groups -OCH3 is 1. The first-order valence-corrected chi connectivity index (χ1v) is 9.74. The number of aliphatic imine (C=N–C) groups is 1. The van der Waals surface area contributed by atoms with Crippen molar-refractivity contribution in [3.63, 3.8) is 0 Å². The number of hydrogen-bond donors (Lipinski definition) is 1. The molecule has 0 radical (unpaired) electrons. The molecule has 0 spiro atoms. The van der Waals surface area contributed by atoms with Gasteiger partial charge in [0.05, 0.1) is 24.3 Å². The molecular formula is C22H20F7N3O3. The highest BCUT2D eigenvalue weighted by Gasteiger charge is 2.41. The maximum Gasteiger partial charge on any atom is 0.420 e. The van der Waals surface area contributed by atoms with Crippen LogP contribution in [0.2, 0.25) is 0 Å². The second-order valence-electron chi connectivity index (χ2n) is 6.95. The first-order valence-electron chi connectivity index (χ1n) is 9.74. The fourth-order valence-corrected chi connectivity index (χ4v) is 2.76. The monoisotopic (exact) mass is 507 g/mol. The molecule has 0 saturated heterocycles. The number of alkyl halides is 6. The predicted octanol–water partition coefficient (Wildman–Crippen LogP) is 5.52. The van der Waals surface area contributed by atoms with Gasteiger partial charge in [-0.25, -0.2) is 9.18 Å². The van der Waals surface area contributed by atoms with Gasteiger partial charge in [-0.1, -0.05) is 0 Å². The number of amides is 1. The van der Waals surface area contributed by atoms with Crippen molar-refractivity contribution >= 4 is 23.6 Å². The molecule has 0 saturated carbocycles. The number of carbonyl (C=O) groups is 1. The highest BCUT2D eigenvalue weighted by molar-refractivity contribution is 6.11. The van der Waals surface area contributed by atoms with Crippen LogP contribution in [0.5, 0.6) is 5.75 Å². The van der Waals surface area contributed by atoms with Gasteiger partial charge in [0.2, 0.25) is 0 Å². The number of halogens is 7. The molecule has 0 aliphatic carbocycles. The Morgan fingerprint density at radius 3 is 2.23 bits per heavy atom. The van der Waals surface area contributed by atoms with E-state index in [9.17, 15) is 35.5 Å². The lowest BCUT2D eigenvalue weighted by atomic mass is 9.98. The van der Waals surface area contributed by atoms with E-state index in [0.29, 0.717) is 6.07 Å². The average Bonchev–Trinajstić information content (AvgIpc) is 2.78. The Bertz CT molecular complexity index is 1100. The summed E-state index contributed by atoms with van der Waals surface area (Å²) < 4.78 is 105. The van der Waals surface area contributed by atoms with Crippen LogP contribution in [-0.4, -0.2) is 39.6 Å². The minimum Gasteiger partial charge on any atom is -0.409 e. The number of nitrogens with zero attached hydrogens (tertiary/aromatic N) is 2. The molecule has 2 aromatic rings. The summed E-state index contributed by atoms with van der Waals surface area (Å²) in [6.45, 7) is 0.149. The van der Waals surface area contributed by atoms with Gasteiger partial charge in [-0.05, 0) is 36.4 Å². The smallest absolute Gasteiger partial charge is 0.409 e. The fraction of sp³-hybridized carbons (Fsp3) is 0.273. The molecular weight excluding hydrogens is 487 g/mol. The Balaban J connectivity index is 2.66. The van der Waals surface area contributed by atoms with Crippen LogP contribution in [0.15, 0.2) is 47.6 Å². The van der Waals surface area contributed by atoms with E-state index in [4.69, 9.17) is 15.2 Å². The third-order valence-electron chi connectivity index (χ3n) is 4.54. The van der Waals surface area contributed by atoms with Gasteiger partial charge < -0.3 is 15.2 Å². The quantitative estimate of drug-likeness (QED) is 0.305. The molecule has 1 amide bonds. The molecule has 35 heavy (non-hydrogen) atoms. The first-order chi connectivity index (χ1) is 16.3. The van der Waals surface area contributed by atoms with E-state index in [-0.39, 0.29) is 30.5 Å². The second-order valence-corrected chi connectivity index (χ2v) is 6.95. The van der Waals surface area contributed by atoms with Gasteiger partial charge in [-0.2, -0.15) is 26.3 Å². The summed E-state index contributed by atoms with van der Waals surface area (Å²) >= 11 is 0. The molecule has 0 aromatic heterocycles. The highest BCUT2D eigenvalue weighted by atomic mass is 19.4. The maximum atomic E-state index is 13.8. The van der Waals surface area contributed by atoms with Gasteiger partial charge in [0.15, 0.2) is 5.75 Å². The molecule has 2 N–H and O–H groups in total. The van der Waals surface area contributed by atoms with E-state index in [2.05, 4.69) is 4.99 Å². The topological polar surface area (TPSA) is 77.1 Å². The third-order valence-corrected chi connectivity index (χ3v) is 4.54. The van der Waals surface area contributed by atoms with Crippen molar-refractivity contribution in [2.45, 2.75) is 12.4 Å². The second kappa shape index (κ2) is 11.2. The van der Waals surface area contributed by atoms with Crippen LogP contribution in [-0.2, 0) is 17.1 Å². The van der Waals surface area contributed by atoms with Crippen LogP contribution in [0.4, 0.5) is 41.2 Å². The van der Waals surface area contributed by atoms with Crippen molar-refractivity contribution < 1.29 is 45.0 Å². The molecule has 0 bridgehead atoms. The molecule has 0 fully saturated rings. The normalized spacial score (nSPS) is 12.8. The fourth-order valence-electron chi connectivity index (χ4n) is 2.76. The Morgan fingerprint density at radius 2 is 1.71 bits per heavy atom. The van der Waals surface area contributed by atoms with E-state index in [1.165, 1.54) is 7.11 Å². The van der Waals surface area contributed by atoms with E-state index >= 15 is 0 Å². The van der Waals surface area contributed by atoms with Gasteiger partial charge in [0.25, 0.3) is 0 Å². The zero-order valence-corrected chi connectivity index (χ0v) is 18.4. The predicted molar refractivity (Wildman–Crippen MR) is 115 cm³/mol. The Morgan fingerprint density at radius 1 is 1.09 bits per heavy atom.